The molecule has 1 unspecified atom stereocenters. The molecule has 1 atom stereocenters. The van der Waals surface area contributed by atoms with Crippen LogP contribution in [0.15, 0.2) is 0 Å². The first-order chi connectivity index (χ1) is 6.94. The van der Waals surface area contributed by atoms with E-state index in [0.29, 0.717) is 18.3 Å². The number of hydrogen-bond acceptors (Lipinski definition) is 2. The number of alkyl halides is 1. The molecule has 0 aromatic rings. The molecule has 0 aromatic carbocycles. The Hall–Kier alpha value is -0.0900. The highest BCUT2D eigenvalue weighted by Crippen LogP contribution is 2.30. The van der Waals surface area contributed by atoms with Crippen LogP contribution in [0.5, 0.6) is 0 Å². The Balaban J connectivity index is 2.54. The molecule has 0 saturated carbocycles. The van der Waals surface area contributed by atoms with Gasteiger partial charge in [0.05, 0.1) is 6.10 Å². The fraction of sp³-hybridized carbons (Fsp3) is 0.909. The van der Waals surface area contributed by atoms with E-state index in [1.807, 2.05) is 0 Å². The van der Waals surface area contributed by atoms with Gasteiger partial charge in [0.15, 0.2) is 0 Å². The Morgan fingerprint density at radius 3 is 2.80 bits per heavy atom. The Labute approximate surface area is 100.0 Å². The van der Waals surface area contributed by atoms with Crippen molar-refractivity contribution in [3.05, 3.63) is 0 Å². The molecule has 88 valence electrons. The number of β-amino-alcohol motifs (C(OH)–C–C–N with tert-alkyl or cyclic N) is 1. The van der Waals surface area contributed by atoms with Crippen LogP contribution >= 0.6 is 15.9 Å². The van der Waals surface area contributed by atoms with Gasteiger partial charge in [-0.25, -0.2) is 0 Å². The highest BCUT2D eigenvalue weighted by Gasteiger charge is 2.27. The van der Waals surface area contributed by atoms with Gasteiger partial charge in [-0.05, 0) is 18.3 Å². The summed E-state index contributed by atoms with van der Waals surface area (Å²) in [6, 6.07) is 0. The summed E-state index contributed by atoms with van der Waals surface area (Å²) in [5.74, 6) is 0.181. The molecular formula is C11H20BrNO2. The normalized spacial score (nSPS) is 23.7. The minimum absolute atomic E-state index is 0.181. The largest absolute Gasteiger partial charge is 0.390 e. The molecule has 1 saturated heterocycles. The summed E-state index contributed by atoms with van der Waals surface area (Å²) in [6.45, 7) is 5.63. The molecule has 1 rings (SSSR count). The zero-order valence-electron chi connectivity index (χ0n) is 9.50. The van der Waals surface area contributed by atoms with E-state index in [4.69, 9.17) is 0 Å². The standard InChI is InChI=1S/C11H20BrNO2/c1-11(2)4-3-10(15)13(6-5-11)8-9(14)7-12/h9,14H,3-8H2,1-2H3. The van der Waals surface area contributed by atoms with Crippen molar-refractivity contribution in [3.8, 4) is 0 Å². The molecule has 1 aliphatic rings. The van der Waals surface area contributed by atoms with Gasteiger partial charge in [0.1, 0.15) is 0 Å². The van der Waals surface area contributed by atoms with Gasteiger partial charge < -0.3 is 10.0 Å². The molecule has 0 aliphatic carbocycles. The van der Waals surface area contributed by atoms with Crippen LogP contribution in [0.25, 0.3) is 0 Å². The molecule has 3 nitrogen and oxygen atoms in total. The predicted molar refractivity (Wildman–Crippen MR) is 64.0 cm³/mol. The van der Waals surface area contributed by atoms with E-state index in [-0.39, 0.29) is 11.3 Å². The van der Waals surface area contributed by atoms with Crippen LogP contribution in [-0.2, 0) is 4.79 Å². The Morgan fingerprint density at radius 2 is 2.20 bits per heavy atom. The number of carbonyl (C=O) groups is 1. The number of likely N-dealkylation sites (tertiary alicyclic amines) is 1. The van der Waals surface area contributed by atoms with E-state index in [1.54, 1.807) is 4.90 Å². The molecule has 15 heavy (non-hydrogen) atoms. The predicted octanol–water partition coefficient (Wildman–Crippen LogP) is 1.78. The zero-order chi connectivity index (χ0) is 11.5. The minimum atomic E-state index is -0.449. The molecule has 4 heteroatoms. The molecule has 1 amide bonds. The van der Waals surface area contributed by atoms with Crippen LogP contribution in [0.2, 0.25) is 0 Å². The average Bonchev–Trinajstić information content (AvgIpc) is 2.31. The van der Waals surface area contributed by atoms with Gasteiger partial charge in [0.2, 0.25) is 5.91 Å². The van der Waals surface area contributed by atoms with E-state index < -0.39 is 6.10 Å². The molecule has 0 aromatic heterocycles. The number of amides is 1. The second-order valence-corrected chi connectivity index (χ2v) is 5.71. The topological polar surface area (TPSA) is 40.5 Å². The Morgan fingerprint density at radius 1 is 1.53 bits per heavy atom. The van der Waals surface area contributed by atoms with Crippen molar-refractivity contribution in [1.29, 1.82) is 0 Å². The third-order valence-corrected chi connectivity index (χ3v) is 3.78. The highest BCUT2D eigenvalue weighted by atomic mass is 79.9. The molecular weight excluding hydrogens is 258 g/mol. The summed E-state index contributed by atoms with van der Waals surface area (Å²) in [5, 5.41) is 10.0. The fourth-order valence-electron chi connectivity index (χ4n) is 1.79. The Bertz CT molecular complexity index is 231. The molecule has 1 heterocycles. The van der Waals surface area contributed by atoms with Crippen molar-refractivity contribution in [2.24, 2.45) is 5.41 Å². The van der Waals surface area contributed by atoms with Crippen LogP contribution in [0, 0.1) is 5.41 Å². The number of rotatable bonds is 3. The molecule has 0 radical (unpaired) electrons. The van der Waals surface area contributed by atoms with Crippen LogP contribution in [-0.4, -0.2) is 40.4 Å². The summed E-state index contributed by atoms with van der Waals surface area (Å²) in [5.41, 5.74) is 0.254. The van der Waals surface area contributed by atoms with Gasteiger partial charge in [-0.15, -0.1) is 0 Å². The molecule has 1 N–H and O–H groups in total. The number of hydrogen-bond donors (Lipinski definition) is 1. The van der Waals surface area contributed by atoms with E-state index >= 15 is 0 Å². The van der Waals surface area contributed by atoms with E-state index in [9.17, 15) is 9.90 Å². The summed E-state index contributed by atoms with van der Waals surface area (Å²) < 4.78 is 0. The van der Waals surface area contributed by atoms with Crippen LogP contribution in [0.1, 0.15) is 33.1 Å². The lowest BCUT2D eigenvalue weighted by molar-refractivity contribution is -0.131. The summed E-state index contributed by atoms with van der Waals surface area (Å²) in [6.07, 6.45) is 2.14. The number of nitrogens with zero attached hydrogens (tertiary/aromatic N) is 1. The lowest BCUT2D eigenvalue weighted by Crippen LogP contribution is -2.37. The zero-order valence-corrected chi connectivity index (χ0v) is 11.1. The second kappa shape index (κ2) is 5.30. The van der Waals surface area contributed by atoms with Crippen LogP contribution in [0.4, 0.5) is 0 Å². The lowest BCUT2D eigenvalue weighted by Gasteiger charge is -2.24. The van der Waals surface area contributed by atoms with E-state index in [1.165, 1.54) is 0 Å². The maximum atomic E-state index is 11.8. The van der Waals surface area contributed by atoms with Crippen molar-refractivity contribution in [2.75, 3.05) is 18.4 Å². The number of aliphatic hydroxyl groups is 1. The Kier molecular flexibility index (Phi) is 4.59. The summed E-state index contributed by atoms with van der Waals surface area (Å²) in [4.78, 5) is 13.5. The van der Waals surface area contributed by atoms with Crippen molar-refractivity contribution >= 4 is 21.8 Å². The maximum Gasteiger partial charge on any atom is 0.222 e. The van der Waals surface area contributed by atoms with Crippen molar-refractivity contribution in [1.82, 2.24) is 4.90 Å². The third-order valence-electron chi connectivity index (χ3n) is 3.04. The quantitative estimate of drug-likeness (QED) is 0.799. The first-order valence-electron chi connectivity index (χ1n) is 5.46. The molecule has 1 fully saturated rings. The average molecular weight is 278 g/mol. The number of carbonyl (C=O) groups excluding carboxylic acids is 1. The molecule has 0 bridgehead atoms. The first kappa shape index (κ1) is 13.0. The first-order valence-corrected chi connectivity index (χ1v) is 6.58. The molecule has 0 spiro atoms. The van der Waals surface area contributed by atoms with Gasteiger partial charge in [-0.1, -0.05) is 29.8 Å². The minimum Gasteiger partial charge on any atom is -0.390 e. The van der Waals surface area contributed by atoms with Crippen molar-refractivity contribution < 1.29 is 9.90 Å². The monoisotopic (exact) mass is 277 g/mol. The smallest absolute Gasteiger partial charge is 0.222 e. The number of aliphatic hydroxyl groups excluding tert-OH is 1. The summed E-state index contributed by atoms with van der Waals surface area (Å²) >= 11 is 3.22. The highest BCUT2D eigenvalue weighted by molar-refractivity contribution is 9.09. The van der Waals surface area contributed by atoms with Gasteiger partial charge in [-0.3, -0.25) is 4.79 Å². The van der Waals surface area contributed by atoms with Gasteiger partial charge in [-0.2, -0.15) is 0 Å². The fourth-order valence-corrected chi connectivity index (χ4v) is 1.99. The van der Waals surface area contributed by atoms with Crippen LogP contribution < -0.4 is 0 Å². The molecule has 1 aliphatic heterocycles. The van der Waals surface area contributed by atoms with E-state index in [0.717, 1.165) is 19.4 Å². The lowest BCUT2D eigenvalue weighted by atomic mass is 9.85. The van der Waals surface area contributed by atoms with Gasteiger partial charge >= 0.3 is 0 Å². The van der Waals surface area contributed by atoms with Gasteiger partial charge in [0.25, 0.3) is 0 Å². The van der Waals surface area contributed by atoms with Gasteiger partial charge in [0, 0.05) is 24.8 Å². The second-order valence-electron chi connectivity index (χ2n) is 5.06. The van der Waals surface area contributed by atoms with Crippen molar-refractivity contribution in [2.45, 2.75) is 39.2 Å². The SMILES string of the molecule is CC1(C)CCC(=O)N(CC(O)CBr)CC1. The third kappa shape index (κ3) is 4.11. The maximum absolute atomic E-state index is 11.8. The van der Waals surface area contributed by atoms with Crippen molar-refractivity contribution in [3.63, 3.8) is 0 Å². The van der Waals surface area contributed by atoms with Crippen LogP contribution in [0.3, 0.4) is 0 Å². The van der Waals surface area contributed by atoms with E-state index in [2.05, 4.69) is 29.8 Å². The summed E-state index contributed by atoms with van der Waals surface area (Å²) in [7, 11) is 0. The number of halogens is 1.